The lowest BCUT2D eigenvalue weighted by Crippen LogP contribution is -2.04. The molecule has 0 spiro atoms. The van der Waals surface area contributed by atoms with Gasteiger partial charge >= 0.3 is 0 Å². The van der Waals surface area contributed by atoms with Crippen LogP contribution >= 0.6 is 34.7 Å². The summed E-state index contributed by atoms with van der Waals surface area (Å²) in [5.74, 6) is 1.45. The summed E-state index contributed by atoms with van der Waals surface area (Å²) < 4.78 is 10.8. The molecule has 0 radical (unpaired) electrons. The van der Waals surface area contributed by atoms with Gasteiger partial charge in [-0.25, -0.2) is 0 Å². The molecule has 0 aliphatic heterocycles. The van der Waals surface area contributed by atoms with Gasteiger partial charge in [-0.15, -0.1) is 23.1 Å². The van der Waals surface area contributed by atoms with Crippen molar-refractivity contribution in [2.24, 2.45) is 0 Å². The molecule has 2 aromatic carbocycles. The minimum Gasteiger partial charge on any atom is -0.493 e. The van der Waals surface area contributed by atoms with Gasteiger partial charge in [-0.3, -0.25) is 4.79 Å². The van der Waals surface area contributed by atoms with Gasteiger partial charge in [-0.1, -0.05) is 23.7 Å². The van der Waals surface area contributed by atoms with Gasteiger partial charge in [0, 0.05) is 21.6 Å². The summed E-state index contributed by atoms with van der Waals surface area (Å²) in [7, 11) is 3.22. The van der Waals surface area contributed by atoms with E-state index in [2.05, 4.69) is 0 Å². The first-order chi connectivity index (χ1) is 13.1. The fourth-order valence-electron chi connectivity index (χ4n) is 2.66. The van der Waals surface area contributed by atoms with Crippen LogP contribution in [0.4, 0.5) is 0 Å². The SMILES string of the molecule is COc1ccc([C@H](CC(=O)c2cccs2)Sc2ccc(Cl)cc2)cc1OC. The third-order valence-electron chi connectivity index (χ3n) is 4.04. The number of hydrogen-bond acceptors (Lipinski definition) is 5. The summed E-state index contributed by atoms with van der Waals surface area (Å²) in [6, 6.07) is 17.2. The van der Waals surface area contributed by atoms with Crippen LogP contribution in [0, 0.1) is 0 Å². The van der Waals surface area contributed by atoms with Crippen LogP contribution in [0.15, 0.2) is 64.9 Å². The van der Waals surface area contributed by atoms with Gasteiger partial charge in [0.25, 0.3) is 0 Å². The lowest BCUT2D eigenvalue weighted by molar-refractivity contribution is 0.0986. The highest BCUT2D eigenvalue weighted by Crippen LogP contribution is 2.42. The number of halogens is 1. The maximum Gasteiger partial charge on any atom is 0.174 e. The van der Waals surface area contributed by atoms with E-state index < -0.39 is 0 Å². The van der Waals surface area contributed by atoms with Gasteiger partial charge in [0.15, 0.2) is 17.3 Å². The van der Waals surface area contributed by atoms with Crippen molar-refractivity contribution < 1.29 is 14.3 Å². The Morgan fingerprint density at radius 3 is 2.44 bits per heavy atom. The highest BCUT2D eigenvalue weighted by atomic mass is 35.5. The normalized spacial score (nSPS) is 11.8. The first-order valence-corrected chi connectivity index (χ1v) is 10.4. The number of ketones is 1. The first-order valence-electron chi connectivity index (χ1n) is 8.31. The largest absolute Gasteiger partial charge is 0.493 e. The van der Waals surface area contributed by atoms with E-state index in [9.17, 15) is 4.79 Å². The van der Waals surface area contributed by atoms with E-state index in [0.29, 0.717) is 22.9 Å². The maximum absolute atomic E-state index is 12.7. The molecule has 0 fully saturated rings. The molecule has 1 heterocycles. The number of methoxy groups -OCH3 is 2. The number of carbonyl (C=O) groups is 1. The lowest BCUT2D eigenvalue weighted by Gasteiger charge is -2.18. The van der Waals surface area contributed by atoms with Crippen LogP contribution in [-0.4, -0.2) is 20.0 Å². The summed E-state index contributed by atoms with van der Waals surface area (Å²) in [5.41, 5.74) is 1.01. The van der Waals surface area contributed by atoms with Crippen molar-refractivity contribution in [1.29, 1.82) is 0 Å². The predicted octanol–water partition coefficient (Wildman–Crippen LogP) is 6.53. The number of Topliss-reactive ketones (excluding diaryl/α,β-unsaturated/α-hetero) is 1. The highest BCUT2D eigenvalue weighted by molar-refractivity contribution is 7.99. The van der Waals surface area contributed by atoms with Crippen LogP contribution in [0.3, 0.4) is 0 Å². The predicted molar refractivity (Wildman–Crippen MR) is 113 cm³/mol. The van der Waals surface area contributed by atoms with E-state index in [0.717, 1.165) is 15.3 Å². The van der Waals surface area contributed by atoms with Crippen molar-refractivity contribution in [3.8, 4) is 11.5 Å². The number of benzene rings is 2. The summed E-state index contributed by atoms with van der Waals surface area (Å²) in [5, 5.41) is 2.56. The maximum atomic E-state index is 12.7. The molecule has 0 amide bonds. The number of hydrogen-bond donors (Lipinski definition) is 0. The molecule has 0 unspecified atom stereocenters. The Labute approximate surface area is 172 Å². The molecule has 0 saturated carbocycles. The van der Waals surface area contributed by atoms with Crippen LogP contribution in [-0.2, 0) is 0 Å². The number of ether oxygens (including phenoxy) is 2. The van der Waals surface area contributed by atoms with Gasteiger partial charge < -0.3 is 9.47 Å². The zero-order valence-electron chi connectivity index (χ0n) is 15.0. The second-order valence-corrected chi connectivity index (χ2v) is 8.44. The van der Waals surface area contributed by atoms with Crippen molar-refractivity contribution >= 4 is 40.5 Å². The van der Waals surface area contributed by atoms with E-state index in [4.69, 9.17) is 21.1 Å². The molecular weight excluding hydrogens is 400 g/mol. The monoisotopic (exact) mass is 418 g/mol. The van der Waals surface area contributed by atoms with Crippen LogP contribution in [0.25, 0.3) is 0 Å². The van der Waals surface area contributed by atoms with Gasteiger partial charge in [-0.05, 0) is 53.4 Å². The Morgan fingerprint density at radius 2 is 1.81 bits per heavy atom. The zero-order valence-corrected chi connectivity index (χ0v) is 17.4. The lowest BCUT2D eigenvalue weighted by atomic mass is 10.1. The molecule has 140 valence electrons. The molecule has 3 aromatic rings. The Morgan fingerprint density at radius 1 is 1.07 bits per heavy atom. The molecule has 3 rings (SSSR count). The number of thiophene rings is 1. The smallest absolute Gasteiger partial charge is 0.174 e. The second-order valence-electron chi connectivity index (χ2n) is 5.78. The first kappa shape index (κ1) is 19.8. The van der Waals surface area contributed by atoms with E-state index >= 15 is 0 Å². The molecule has 0 bridgehead atoms. The topological polar surface area (TPSA) is 35.5 Å². The molecule has 0 aliphatic carbocycles. The molecule has 0 aliphatic rings. The van der Waals surface area contributed by atoms with E-state index in [1.165, 1.54) is 11.3 Å². The summed E-state index contributed by atoms with van der Waals surface area (Å²) in [4.78, 5) is 14.6. The van der Waals surface area contributed by atoms with Gasteiger partial charge in [-0.2, -0.15) is 0 Å². The third-order valence-corrected chi connectivity index (χ3v) is 6.47. The Balaban J connectivity index is 1.91. The number of thioether (sulfide) groups is 1. The summed E-state index contributed by atoms with van der Waals surface area (Å²) in [6.45, 7) is 0. The second kappa shape index (κ2) is 9.31. The van der Waals surface area contributed by atoms with Crippen molar-refractivity contribution in [3.63, 3.8) is 0 Å². The molecular formula is C21H19ClO3S2. The average molecular weight is 419 g/mol. The quantitative estimate of drug-likeness (QED) is 0.308. The van der Waals surface area contributed by atoms with Gasteiger partial charge in [0.1, 0.15) is 0 Å². The molecule has 0 N–H and O–H groups in total. The van der Waals surface area contributed by atoms with Crippen molar-refractivity contribution in [2.75, 3.05) is 14.2 Å². The van der Waals surface area contributed by atoms with E-state index in [-0.39, 0.29) is 11.0 Å². The average Bonchev–Trinajstić information content (AvgIpc) is 3.23. The van der Waals surface area contributed by atoms with Crippen LogP contribution in [0.2, 0.25) is 5.02 Å². The van der Waals surface area contributed by atoms with Gasteiger partial charge in [0.05, 0.1) is 19.1 Å². The number of carbonyl (C=O) groups excluding carboxylic acids is 1. The van der Waals surface area contributed by atoms with Crippen LogP contribution in [0.1, 0.15) is 26.9 Å². The Bertz CT molecular complexity index is 892. The summed E-state index contributed by atoms with van der Waals surface area (Å²) >= 11 is 9.10. The molecule has 1 aromatic heterocycles. The standard InChI is InChI=1S/C21H19ClO3S2/c1-24-18-10-5-14(12-19(18)25-2)21(13-17(23)20-4-3-11-26-20)27-16-8-6-15(22)7-9-16/h3-12,21H,13H2,1-2H3/t21-/m0/s1. The molecule has 27 heavy (non-hydrogen) atoms. The number of rotatable bonds is 8. The Kier molecular flexibility index (Phi) is 6.83. The summed E-state index contributed by atoms with van der Waals surface area (Å²) in [6.07, 6.45) is 0.392. The molecule has 1 atom stereocenters. The van der Waals surface area contributed by atoms with E-state index in [1.54, 1.807) is 26.0 Å². The molecule has 0 saturated heterocycles. The van der Waals surface area contributed by atoms with Crippen molar-refractivity contribution in [3.05, 3.63) is 75.4 Å². The molecule has 3 nitrogen and oxygen atoms in total. The fraction of sp³-hybridized carbons (Fsp3) is 0.190. The van der Waals surface area contributed by atoms with Crippen LogP contribution < -0.4 is 9.47 Å². The van der Waals surface area contributed by atoms with Crippen molar-refractivity contribution in [2.45, 2.75) is 16.6 Å². The highest BCUT2D eigenvalue weighted by Gasteiger charge is 2.21. The fourth-order valence-corrected chi connectivity index (χ4v) is 4.61. The minimum atomic E-state index is -0.0550. The third kappa shape index (κ3) is 5.06. The van der Waals surface area contributed by atoms with E-state index in [1.807, 2.05) is 60.0 Å². The van der Waals surface area contributed by atoms with Gasteiger partial charge in [0.2, 0.25) is 0 Å². The minimum absolute atomic E-state index is 0.0550. The Hall–Kier alpha value is -1.95. The van der Waals surface area contributed by atoms with Crippen LogP contribution in [0.5, 0.6) is 11.5 Å². The van der Waals surface area contributed by atoms with Crippen molar-refractivity contribution in [1.82, 2.24) is 0 Å². The molecule has 6 heteroatoms. The zero-order chi connectivity index (χ0) is 19.2.